The van der Waals surface area contributed by atoms with E-state index in [0.717, 1.165) is 0 Å². The number of phenolic OH excluding ortho intramolecular Hbond substituents is 1. The molecule has 0 radical (unpaired) electrons. The standard InChI is InChI=1S/C14H18N2O3/c1-4-14(5-2,9-15)16-13(18)11-8-10(19-3)6-7-12(11)17/h6-8,17H,4-5H2,1-3H3,(H,16,18). The number of hydrogen-bond donors (Lipinski definition) is 2. The monoisotopic (exact) mass is 262 g/mol. The third-order valence-corrected chi connectivity index (χ3v) is 3.22. The van der Waals surface area contributed by atoms with Crippen molar-refractivity contribution < 1.29 is 14.6 Å². The molecule has 0 atom stereocenters. The number of nitrogens with one attached hydrogen (secondary N) is 1. The highest BCUT2D eigenvalue weighted by atomic mass is 16.5. The number of nitrogens with zero attached hydrogens (tertiary/aromatic N) is 1. The van der Waals surface area contributed by atoms with Gasteiger partial charge in [-0.1, -0.05) is 13.8 Å². The molecule has 5 heteroatoms. The van der Waals surface area contributed by atoms with E-state index in [0.29, 0.717) is 18.6 Å². The molecule has 0 aliphatic heterocycles. The fourth-order valence-corrected chi connectivity index (χ4v) is 1.72. The molecule has 0 unspecified atom stereocenters. The maximum Gasteiger partial charge on any atom is 0.256 e. The average Bonchev–Trinajstić information content (AvgIpc) is 2.45. The number of ether oxygens (including phenoxy) is 1. The molecule has 1 aromatic carbocycles. The summed E-state index contributed by atoms with van der Waals surface area (Å²) in [4.78, 5) is 12.1. The van der Waals surface area contributed by atoms with Gasteiger partial charge in [0.15, 0.2) is 0 Å². The van der Waals surface area contributed by atoms with E-state index in [4.69, 9.17) is 4.74 Å². The Morgan fingerprint density at radius 3 is 2.58 bits per heavy atom. The summed E-state index contributed by atoms with van der Waals surface area (Å²) < 4.78 is 5.01. The number of amides is 1. The summed E-state index contributed by atoms with van der Waals surface area (Å²) in [6.07, 6.45) is 0.993. The largest absolute Gasteiger partial charge is 0.507 e. The minimum Gasteiger partial charge on any atom is -0.507 e. The molecule has 5 nitrogen and oxygen atoms in total. The van der Waals surface area contributed by atoms with Gasteiger partial charge in [0, 0.05) is 0 Å². The van der Waals surface area contributed by atoms with Crippen LogP contribution in [-0.4, -0.2) is 23.7 Å². The lowest BCUT2D eigenvalue weighted by atomic mass is 9.94. The van der Waals surface area contributed by atoms with Crippen molar-refractivity contribution in [1.82, 2.24) is 5.32 Å². The second-order valence-electron chi connectivity index (χ2n) is 4.24. The van der Waals surface area contributed by atoms with Crippen molar-refractivity contribution in [2.75, 3.05) is 7.11 Å². The van der Waals surface area contributed by atoms with E-state index in [2.05, 4.69) is 11.4 Å². The SMILES string of the molecule is CCC(C#N)(CC)NC(=O)c1cc(OC)ccc1O. The van der Waals surface area contributed by atoms with Crippen LogP contribution in [0.25, 0.3) is 0 Å². The fraction of sp³-hybridized carbons (Fsp3) is 0.429. The zero-order valence-corrected chi connectivity index (χ0v) is 11.4. The van der Waals surface area contributed by atoms with Crippen molar-refractivity contribution in [2.45, 2.75) is 32.2 Å². The third-order valence-electron chi connectivity index (χ3n) is 3.22. The number of nitriles is 1. The molecule has 0 saturated heterocycles. The molecule has 0 spiro atoms. The molecule has 19 heavy (non-hydrogen) atoms. The van der Waals surface area contributed by atoms with E-state index in [9.17, 15) is 15.2 Å². The van der Waals surface area contributed by atoms with Gasteiger partial charge >= 0.3 is 0 Å². The van der Waals surface area contributed by atoms with Crippen LogP contribution in [0, 0.1) is 11.3 Å². The number of carbonyl (C=O) groups excluding carboxylic acids is 1. The highest BCUT2D eigenvalue weighted by Gasteiger charge is 2.29. The first-order valence-corrected chi connectivity index (χ1v) is 6.12. The molecule has 0 heterocycles. The van der Waals surface area contributed by atoms with Crippen LogP contribution in [0.4, 0.5) is 0 Å². The highest BCUT2D eigenvalue weighted by Crippen LogP contribution is 2.24. The van der Waals surface area contributed by atoms with Gasteiger partial charge < -0.3 is 15.2 Å². The number of hydrogen-bond acceptors (Lipinski definition) is 4. The average molecular weight is 262 g/mol. The second-order valence-corrected chi connectivity index (χ2v) is 4.24. The maximum atomic E-state index is 12.1. The third kappa shape index (κ3) is 3.16. The summed E-state index contributed by atoms with van der Waals surface area (Å²) in [5.41, 5.74) is -0.812. The molecule has 2 N–H and O–H groups in total. The molecule has 0 aliphatic carbocycles. The van der Waals surface area contributed by atoms with E-state index in [1.54, 1.807) is 6.07 Å². The molecule has 1 rings (SSSR count). The zero-order valence-electron chi connectivity index (χ0n) is 11.4. The normalized spacial score (nSPS) is 10.6. The molecule has 0 fully saturated rings. The van der Waals surface area contributed by atoms with Crippen LogP contribution in [0.5, 0.6) is 11.5 Å². The predicted molar refractivity (Wildman–Crippen MR) is 71.1 cm³/mol. The fourth-order valence-electron chi connectivity index (χ4n) is 1.72. The van der Waals surface area contributed by atoms with Gasteiger partial charge in [0.25, 0.3) is 5.91 Å². The van der Waals surface area contributed by atoms with Crippen molar-refractivity contribution in [1.29, 1.82) is 5.26 Å². The quantitative estimate of drug-likeness (QED) is 0.852. The van der Waals surface area contributed by atoms with Crippen molar-refractivity contribution in [2.24, 2.45) is 0 Å². The van der Waals surface area contributed by atoms with Crippen LogP contribution in [0.2, 0.25) is 0 Å². The van der Waals surface area contributed by atoms with Gasteiger partial charge in [0.1, 0.15) is 17.0 Å². The lowest BCUT2D eigenvalue weighted by Gasteiger charge is -2.25. The maximum absolute atomic E-state index is 12.1. The summed E-state index contributed by atoms with van der Waals surface area (Å²) in [7, 11) is 1.48. The summed E-state index contributed by atoms with van der Waals surface area (Å²) in [6.45, 7) is 3.66. The number of aromatic hydroxyl groups is 1. The first-order chi connectivity index (χ1) is 9.01. The van der Waals surface area contributed by atoms with Gasteiger partial charge in [-0.25, -0.2) is 0 Å². The van der Waals surface area contributed by atoms with Crippen molar-refractivity contribution in [3.8, 4) is 17.6 Å². The smallest absolute Gasteiger partial charge is 0.256 e. The molecule has 102 valence electrons. The van der Waals surface area contributed by atoms with Crippen molar-refractivity contribution in [3.05, 3.63) is 23.8 Å². The lowest BCUT2D eigenvalue weighted by Crippen LogP contribution is -2.46. The van der Waals surface area contributed by atoms with Crippen molar-refractivity contribution in [3.63, 3.8) is 0 Å². The van der Waals surface area contributed by atoms with Gasteiger partial charge in [0.05, 0.1) is 18.7 Å². The Bertz CT molecular complexity index is 502. The summed E-state index contributed by atoms with van der Waals surface area (Å²) in [5.74, 6) is -0.155. The minimum atomic E-state index is -0.910. The molecular formula is C14H18N2O3. The van der Waals surface area contributed by atoms with Gasteiger partial charge in [-0.2, -0.15) is 5.26 Å². The van der Waals surface area contributed by atoms with E-state index in [-0.39, 0.29) is 11.3 Å². The van der Waals surface area contributed by atoms with Gasteiger partial charge in [-0.3, -0.25) is 4.79 Å². The topological polar surface area (TPSA) is 82.4 Å². The van der Waals surface area contributed by atoms with Crippen molar-refractivity contribution >= 4 is 5.91 Å². The van der Waals surface area contributed by atoms with Crippen LogP contribution < -0.4 is 10.1 Å². The van der Waals surface area contributed by atoms with E-state index in [1.165, 1.54) is 19.2 Å². The first kappa shape index (κ1) is 14.8. The number of phenols is 1. The van der Waals surface area contributed by atoms with Crippen LogP contribution in [0.3, 0.4) is 0 Å². The van der Waals surface area contributed by atoms with E-state index in [1.807, 2.05) is 13.8 Å². The van der Waals surface area contributed by atoms with Gasteiger partial charge in [-0.15, -0.1) is 0 Å². The number of benzene rings is 1. The molecule has 0 aliphatic rings. The Hall–Kier alpha value is -2.22. The van der Waals surface area contributed by atoms with Crippen LogP contribution in [0.1, 0.15) is 37.0 Å². The lowest BCUT2D eigenvalue weighted by molar-refractivity contribution is 0.0912. The Morgan fingerprint density at radius 1 is 1.47 bits per heavy atom. The van der Waals surface area contributed by atoms with Gasteiger partial charge in [-0.05, 0) is 31.0 Å². The van der Waals surface area contributed by atoms with Crippen LogP contribution >= 0.6 is 0 Å². The first-order valence-electron chi connectivity index (χ1n) is 6.12. The second kappa shape index (κ2) is 6.10. The molecule has 0 saturated carbocycles. The zero-order chi connectivity index (χ0) is 14.5. The predicted octanol–water partition coefficient (Wildman–Crippen LogP) is 2.21. The molecule has 1 amide bonds. The Balaban J connectivity index is 3.04. The Kier molecular flexibility index (Phi) is 4.76. The summed E-state index contributed by atoms with van der Waals surface area (Å²) in [6, 6.07) is 6.51. The Labute approximate surface area is 112 Å². The molecule has 1 aromatic rings. The number of rotatable bonds is 5. The van der Waals surface area contributed by atoms with E-state index < -0.39 is 11.4 Å². The Morgan fingerprint density at radius 2 is 2.11 bits per heavy atom. The highest BCUT2D eigenvalue weighted by molar-refractivity contribution is 5.97. The molecular weight excluding hydrogens is 244 g/mol. The van der Waals surface area contributed by atoms with Gasteiger partial charge in [0.2, 0.25) is 0 Å². The molecule has 0 bridgehead atoms. The molecule has 0 aromatic heterocycles. The minimum absolute atomic E-state index is 0.0980. The summed E-state index contributed by atoms with van der Waals surface area (Å²) in [5, 5.41) is 21.6. The summed E-state index contributed by atoms with van der Waals surface area (Å²) >= 11 is 0. The number of carbonyl (C=O) groups is 1. The van der Waals surface area contributed by atoms with E-state index >= 15 is 0 Å². The van der Waals surface area contributed by atoms with Crippen LogP contribution in [0.15, 0.2) is 18.2 Å². The number of methoxy groups -OCH3 is 1. The van der Waals surface area contributed by atoms with Crippen LogP contribution in [-0.2, 0) is 0 Å².